The summed E-state index contributed by atoms with van der Waals surface area (Å²) < 4.78 is 5.64. The van der Waals surface area contributed by atoms with Gasteiger partial charge in [0.25, 0.3) is 11.8 Å². The monoisotopic (exact) mass is 331 g/mol. The number of hydrogen-bond acceptors (Lipinski definition) is 6. The van der Waals surface area contributed by atoms with Gasteiger partial charge in [-0.2, -0.15) is 0 Å². The lowest BCUT2D eigenvalue weighted by Gasteiger charge is -2.02. The second-order valence-corrected chi connectivity index (χ2v) is 5.28. The van der Waals surface area contributed by atoms with Crippen molar-refractivity contribution >= 4 is 16.7 Å². The molecular formula is C18H13N5O2. The first-order chi connectivity index (χ1) is 12.3. The first-order valence-electron chi connectivity index (χ1n) is 7.67. The number of fused-ring (bicyclic) bond motifs is 1. The van der Waals surface area contributed by atoms with E-state index in [0.29, 0.717) is 23.2 Å². The minimum atomic E-state index is -0.302. The van der Waals surface area contributed by atoms with E-state index in [2.05, 4.69) is 25.5 Å². The number of rotatable bonds is 4. The van der Waals surface area contributed by atoms with Gasteiger partial charge in [-0.05, 0) is 23.6 Å². The smallest absolute Gasteiger partial charge is 0.270 e. The van der Waals surface area contributed by atoms with E-state index < -0.39 is 0 Å². The third kappa shape index (κ3) is 3.07. The summed E-state index contributed by atoms with van der Waals surface area (Å²) in [6.45, 7) is 0.118. The molecule has 3 aromatic heterocycles. The Labute approximate surface area is 142 Å². The van der Waals surface area contributed by atoms with Gasteiger partial charge in [0.05, 0.1) is 6.54 Å². The van der Waals surface area contributed by atoms with Crippen LogP contribution in [0.25, 0.3) is 22.4 Å². The van der Waals surface area contributed by atoms with Crippen molar-refractivity contribution in [3.05, 3.63) is 72.5 Å². The molecule has 25 heavy (non-hydrogen) atoms. The molecule has 0 atom stereocenters. The molecule has 0 aliphatic rings. The predicted octanol–water partition coefficient (Wildman–Crippen LogP) is 2.61. The van der Waals surface area contributed by atoms with Gasteiger partial charge in [0.15, 0.2) is 0 Å². The molecule has 4 rings (SSSR count). The van der Waals surface area contributed by atoms with Gasteiger partial charge >= 0.3 is 0 Å². The third-order valence-corrected chi connectivity index (χ3v) is 3.64. The van der Waals surface area contributed by atoms with Gasteiger partial charge < -0.3 is 9.73 Å². The minimum absolute atomic E-state index is 0.118. The summed E-state index contributed by atoms with van der Waals surface area (Å²) >= 11 is 0. The van der Waals surface area contributed by atoms with Gasteiger partial charge in [-0.25, -0.2) is 0 Å². The maximum absolute atomic E-state index is 12.0. The number of carbonyl (C=O) groups excluding carboxylic acids is 1. The molecule has 0 saturated carbocycles. The Hall–Kier alpha value is -3.61. The van der Waals surface area contributed by atoms with Gasteiger partial charge in [0.2, 0.25) is 5.89 Å². The summed E-state index contributed by atoms with van der Waals surface area (Å²) in [4.78, 5) is 20.3. The van der Waals surface area contributed by atoms with Crippen molar-refractivity contribution in [3.63, 3.8) is 0 Å². The third-order valence-electron chi connectivity index (χ3n) is 3.64. The molecule has 4 aromatic rings. The standard InChI is InChI=1S/C18H13N5O2/c24-17(14-7-3-4-9-19-14)21-11-15-22-23-18(25-15)16-13-6-2-1-5-12(13)8-10-20-16/h1-10H,11H2,(H,21,24). The van der Waals surface area contributed by atoms with Crippen LogP contribution in [0.15, 0.2) is 65.3 Å². The highest BCUT2D eigenvalue weighted by atomic mass is 16.4. The fraction of sp³-hybridized carbons (Fsp3) is 0.0556. The molecular weight excluding hydrogens is 318 g/mol. The van der Waals surface area contributed by atoms with Crippen LogP contribution in [0.3, 0.4) is 0 Å². The van der Waals surface area contributed by atoms with Crippen LogP contribution in [0.2, 0.25) is 0 Å². The largest absolute Gasteiger partial charge is 0.417 e. The number of nitrogens with zero attached hydrogens (tertiary/aromatic N) is 4. The Kier molecular flexibility index (Phi) is 3.88. The zero-order valence-electron chi connectivity index (χ0n) is 13.1. The van der Waals surface area contributed by atoms with Gasteiger partial charge in [-0.3, -0.25) is 14.8 Å². The van der Waals surface area contributed by atoms with E-state index in [1.165, 1.54) is 0 Å². The average molecular weight is 331 g/mol. The molecule has 1 N–H and O–H groups in total. The Bertz CT molecular complexity index is 1020. The first kappa shape index (κ1) is 14.9. The lowest BCUT2D eigenvalue weighted by Crippen LogP contribution is -2.23. The van der Waals surface area contributed by atoms with Crippen LogP contribution in [-0.4, -0.2) is 26.1 Å². The van der Waals surface area contributed by atoms with Crippen molar-refractivity contribution in [1.82, 2.24) is 25.5 Å². The number of hydrogen-bond donors (Lipinski definition) is 1. The Morgan fingerprint density at radius 2 is 1.84 bits per heavy atom. The van der Waals surface area contributed by atoms with Crippen molar-refractivity contribution in [2.75, 3.05) is 0 Å². The topological polar surface area (TPSA) is 93.8 Å². The van der Waals surface area contributed by atoms with Crippen LogP contribution in [0.5, 0.6) is 0 Å². The molecule has 1 aromatic carbocycles. The van der Waals surface area contributed by atoms with E-state index in [9.17, 15) is 4.79 Å². The minimum Gasteiger partial charge on any atom is -0.417 e. The Morgan fingerprint density at radius 3 is 2.72 bits per heavy atom. The van der Waals surface area contributed by atoms with E-state index in [1.807, 2.05) is 30.3 Å². The summed E-state index contributed by atoms with van der Waals surface area (Å²) in [5, 5.41) is 12.7. The number of benzene rings is 1. The Balaban J connectivity index is 1.53. The van der Waals surface area contributed by atoms with Crippen molar-refractivity contribution < 1.29 is 9.21 Å². The van der Waals surface area contributed by atoms with E-state index in [0.717, 1.165) is 10.8 Å². The highest BCUT2D eigenvalue weighted by Crippen LogP contribution is 2.25. The molecule has 1 amide bonds. The van der Waals surface area contributed by atoms with Gasteiger partial charge in [-0.15, -0.1) is 10.2 Å². The van der Waals surface area contributed by atoms with Crippen molar-refractivity contribution in [1.29, 1.82) is 0 Å². The van der Waals surface area contributed by atoms with E-state index in [4.69, 9.17) is 4.42 Å². The molecule has 122 valence electrons. The van der Waals surface area contributed by atoms with Crippen molar-refractivity contribution in [2.24, 2.45) is 0 Å². The summed E-state index contributed by atoms with van der Waals surface area (Å²) in [6.07, 6.45) is 3.26. The molecule has 0 bridgehead atoms. The molecule has 0 saturated heterocycles. The van der Waals surface area contributed by atoms with Crippen LogP contribution >= 0.6 is 0 Å². The average Bonchev–Trinajstić information content (AvgIpc) is 3.15. The maximum atomic E-state index is 12.0. The first-order valence-corrected chi connectivity index (χ1v) is 7.67. The number of nitrogens with one attached hydrogen (secondary N) is 1. The number of aromatic nitrogens is 4. The van der Waals surface area contributed by atoms with Gasteiger partial charge in [0, 0.05) is 17.8 Å². The van der Waals surface area contributed by atoms with Crippen LogP contribution in [0.1, 0.15) is 16.4 Å². The van der Waals surface area contributed by atoms with Crippen molar-refractivity contribution in [2.45, 2.75) is 6.54 Å². The molecule has 0 fully saturated rings. The molecule has 0 radical (unpaired) electrons. The highest BCUT2D eigenvalue weighted by Gasteiger charge is 2.14. The van der Waals surface area contributed by atoms with Gasteiger partial charge in [-0.1, -0.05) is 30.3 Å². The van der Waals surface area contributed by atoms with Crippen LogP contribution < -0.4 is 5.32 Å². The predicted molar refractivity (Wildman–Crippen MR) is 90.4 cm³/mol. The summed E-state index contributed by atoms with van der Waals surface area (Å²) in [7, 11) is 0. The summed E-state index contributed by atoms with van der Waals surface area (Å²) in [6, 6.07) is 14.9. The van der Waals surface area contributed by atoms with Gasteiger partial charge in [0.1, 0.15) is 11.4 Å². The molecule has 0 unspecified atom stereocenters. The number of pyridine rings is 2. The van der Waals surface area contributed by atoms with Crippen LogP contribution in [0.4, 0.5) is 0 Å². The SMILES string of the molecule is O=C(NCc1nnc(-c2nccc3ccccc23)o1)c1ccccn1. The zero-order chi connectivity index (χ0) is 17.1. The molecule has 0 aliphatic carbocycles. The molecule has 0 spiro atoms. The fourth-order valence-corrected chi connectivity index (χ4v) is 2.45. The summed E-state index contributed by atoms with van der Waals surface area (Å²) in [5.74, 6) is 0.316. The second-order valence-electron chi connectivity index (χ2n) is 5.28. The molecule has 3 heterocycles. The lowest BCUT2D eigenvalue weighted by atomic mass is 10.1. The fourth-order valence-electron chi connectivity index (χ4n) is 2.45. The quantitative estimate of drug-likeness (QED) is 0.618. The normalized spacial score (nSPS) is 10.7. The Morgan fingerprint density at radius 1 is 0.960 bits per heavy atom. The second kappa shape index (κ2) is 6.48. The van der Waals surface area contributed by atoms with E-state index >= 15 is 0 Å². The lowest BCUT2D eigenvalue weighted by molar-refractivity contribution is 0.0942. The van der Waals surface area contributed by atoms with E-state index in [1.54, 1.807) is 30.6 Å². The highest BCUT2D eigenvalue weighted by molar-refractivity contribution is 5.93. The maximum Gasteiger partial charge on any atom is 0.270 e. The summed E-state index contributed by atoms with van der Waals surface area (Å²) in [5.41, 5.74) is 0.950. The van der Waals surface area contributed by atoms with E-state index in [-0.39, 0.29) is 12.5 Å². The molecule has 7 heteroatoms. The van der Waals surface area contributed by atoms with Crippen LogP contribution in [0, 0.1) is 0 Å². The molecule has 7 nitrogen and oxygen atoms in total. The number of carbonyl (C=O) groups is 1. The van der Waals surface area contributed by atoms with Crippen molar-refractivity contribution in [3.8, 4) is 11.6 Å². The number of amides is 1. The molecule has 0 aliphatic heterocycles. The zero-order valence-corrected chi connectivity index (χ0v) is 13.1. The van der Waals surface area contributed by atoms with Crippen LogP contribution in [-0.2, 0) is 6.54 Å².